The highest BCUT2D eigenvalue weighted by Gasteiger charge is 2.07. The fourth-order valence-corrected chi connectivity index (χ4v) is 3.54. The summed E-state index contributed by atoms with van der Waals surface area (Å²) in [6.07, 6.45) is 0. The van der Waals surface area contributed by atoms with E-state index in [1.165, 1.54) is 16.3 Å². The molecular formula is C16H19NS2. The zero-order valence-electron chi connectivity index (χ0n) is 11.4. The van der Waals surface area contributed by atoms with Gasteiger partial charge in [-0.25, -0.2) is 0 Å². The Morgan fingerprint density at radius 1 is 1.05 bits per heavy atom. The van der Waals surface area contributed by atoms with E-state index in [1.54, 1.807) is 11.8 Å². The van der Waals surface area contributed by atoms with Crippen molar-refractivity contribution in [1.82, 2.24) is 4.90 Å². The first-order chi connectivity index (χ1) is 9.26. The molecule has 0 heterocycles. The summed E-state index contributed by atoms with van der Waals surface area (Å²) in [6.45, 7) is 6.26. The van der Waals surface area contributed by atoms with Gasteiger partial charge < -0.3 is 4.90 Å². The van der Waals surface area contributed by atoms with Crippen LogP contribution in [0.25, 0.3) is 10.8 Å². The lowest BCUT2D eigenvalue weighted by Crippen LogP contribution is -2.26. The van der Waals surface area contributed by atoms with Crippen molar-refractivity contribution in [2.75, 3.05) is 13.1 Å². The Balaban J connectivity index is 2.12. The molecular weight excluding hydrogens is 270 g/mol. The first-order valence-electron chi connectivity index (χ1n) is 6.64. The summed E-state index contributed by atoms with van der Waals surface area (Å²) < 4.78 is 0.998. The Kier molecular flexibility index (Phi) is 5.23. The molecule has 0 aliphatic carbocycles. The minimum absolute atomic E-state index is 0.941. The van der Waals surface area contributed by atoms with Gasteiger partial charge in [-0.1, -0.05) is 66.4 Å². The standard InChI is InChI=1S/C16H19NS2/c1-3-17(4-2)16(18)19-12-14-10-7-9-13-8-5-6-11-15(13)14/h5-11H,3-4,12H2,1-2H3. The number of thioether (sulfide) groups is 1. The van der Waals surface area contributed by atoms with Crippen LogP contribution in [0.1, 0.15) is 19.4 Å². The highest BCUT2D eigenvalue weighted by Crippen LogP contribution is 2.24. The van der Waals surface area contributed by atoms with E-state index < -0.39 is 0 Å². The second kappa shape index (κ2) is 6.92. The van der Waals surface area contributed by atoms with Crippen molar-refractivity contribution in [1.29, 1.82) is 0 Å². The van der Waals surface area contributed by atoms with Gasteiger partial charge in [-0.3, -0.25) is 0 Å². The lowest BCUT2D eigenvalue weighted by Gasteiger charge is -2.21. The molecule has 0 radical (unpaired) electrons. The summed E-state index contributed by atoms with van der Waals surface area (Å²) in [5.74, 6) is 0.941. The van der Waals surface area contributed by atoms with E-state index in [0.717, 1.165) is 23.2 Å². The number of hydrogen-bond donors (Lipinski definition) is 0. The third-order valence-corrected chi connectivity index (χ3v) is 4.82. The Morgan fingerprint density at radius 3 is 2.47 bits per heavy atom. The highest BCUT2D eigenvalue weighted by atomic mass is 32.2. The van der Waals surface area contributed by atoms with E-state index in [0.29, 0.717) is 0 Å². The van der Waals surface area contributed by atoms with Crippen LogP contribution in [0.2, 0.25) is 0 Å². The van der Waals surface area contributed by atoms with Gasteiger partial charge in [0.15, 0.2) is 0 Å². The summed E-state index contributed by atoms with van der Waals surface area (Å²) >= 11 is 7.24. The zero-order valence-corrected chi connectivity index (χ0v) is 13.1. The fraction of sp³-hybridized carbons (Fsp3) is 0.312. The molecule has 0 fully saturated rings. The predicted molar refractivity (Wildman–Crippen MR) is 90.8 cm³/mol. The van der Waals surface area contributed by atoms with E-state index >= 15 is 0 Å². The van der Waals surface area contributed by atoms with Crippen molar-refractivity contribution in [2.45, 2.75) is 19.6 Å². The number of benzene rings is 2. The van der Waals surface area contributed by atoms with E-state index in [1.807, 2.05) is 0 Å². The van der Waals surface area contributed by atoms with Crippen molar-refractivity contribution in [3.63, 3.8) is 0 Å². The molecule has 0 atom stereocenters. The average molecular weight is 289 g/mol. The fourth-order valence-electron chi connectivity index (χ4n) is 2.13. The summed E-state index contributed by atoms with van der Waals surface area (Å²) in [7, 11) is 0. The molecule has 0 unspecified atom stereocenters. The normalized spacial score (nSPS) is 10.6. The third-order valence-electron chi connectivity index (χ3n) is 3.25. The monoisotopic (exact) mass is 289 g/mol. The first kappa shape index (κ1) is 14.4. The maximum atomic E-state index is 5.48. The zero-order chi connectivity index (χ0) is 13.7. The SMILES string of the molecule is CCN(CC)C(=S)SCc1cccc2ccccc12. The molecule has 0 aliphatic rings. The summed E-state index contributed by atoms with van der Waals surface area (Å²) in [6, 6.07) is 15.0. The van der Waals surface area contributed by atoms with Crippen molar-refractivity contribution in [3.8, 4) is 0 Å². The van der Waals surface area contributed by atoms with Crippen molar-refractivity contribution >= 4 is 39.1 Å². The number of hydrogen-bond acceptors (Lipinski definition) is 2. The quantitative estimate of drug-likeness (QED) is 0.751. The molecule has 2 rings (SSSR count). The molecule has 3 heteroatoms. The van der Waals surface area contributed by atoms with Gasteiger partial charge in [-0.15, -0.1) is 0 Å². The molecule has 100 valence electrons. The molecule has 2 aromatic carbocycles. The maximum Gasteiger partial charge on any atom is 0.136 e. The van der Waals surface area contributed by atoms with Crippen LogP contribution >= 0.6 is 24.0 Å². The topological polar surface area (TPSA) is 3.24 Å². The summed E-state index contributed by atoms with van der Waals surface area (Å²) in [5.41, 5.74) is 1.36. The van der Waals surface area contributed by atoms with E-state index in [4.69, 9.17) is 12.2 Å². The maximum absolute atomic E-state index is 5.48. The minimum Gasteiger partial charge on any atom is -0.358 e. The molecule has 0 aliphatic heterocycles. The van der Waals surface area contributed by atoms with E-state index in [-0.39, 0.29) is 0 Å². The molecule has 0 saturated heterocycles. The molecule has 0 saturated carbocycles. The second-order valence-corrected chi connectivity index (χ2v) is 5.97. The van der Waals surface area contributed by atoms with Gasteiger partial charge in [-0.05, 0) is 30.2 Å². The van der Waals surface area contributed by atoms with Gasteiger partial charge >= 0.3 is 0 Å². The van der Waals surface area contributed by atoms with Crippen LogP contribution in [0.5, 0.6) is 0 Å². The summed E-state index contributed by atoms with van der Waals surface area (Å²) in [5, 5.41) is 2.63. The van der Waals surface area contributed by atoms with Gasteiger partial charge in [0.2, 0.25) is 0 Å². The molecule has 1 nitrogen and oxygen atoms in total. The van der Waals surface area contributed by atoms with Gasteiger partial charge in [-0.2, -0.15) is 0 Å². The van der Waals surface area contributed by atoms with Crippen LogP contribution < -0.4 is 0 Å². The van der Waals surface area contributed by atoms with Crippen molar-refractivity contribution < 1.29 is 0 Å². The van der Waals surface area contributed by atoms with Crippen LogP contribution in [-0.2, 0) is 5.75 Å². The van der Waals surface area contributed by atoms with Crippen LogP contribution in [0.3, 0.4) is 0 Å². The largest absolute Gasteiger partial charge is 0.358 e. The Hall–Kier alpha value is -1.06. The van der Waals surface area contributed by atoms with E-state index in [2.05, 4.69) is 61.2 Å². The highest BCUT2D eigenvalue weighted by molar-refractivity contribution is 8.22. The van der Waals surface area contributed by atoms with Crippen molar-refractivity contribution in [3.05, 3.63) is 48.0 Å². The third kappa shape index (κ3) is 3.48. The minimum atomic E-state index is 0.941. The van der Waals surface area contributed by atoms with E-state index in [9.17, 15) is 0 Å². The molecule has 19 heavy (non-hydrogen) atoms. The summed E-state index contributed by atoms with van der Waals surface area (Å²) in [4.78, 5) is 2.23. The van der Waals surface area contributed by atoms with Crippen LogP contribution in [-0.4, -0.2) is 22.3 Å². The molecule has 0 aromatic heterocycles. The lowest BCUT2D eigenvalue weighted by atomic mass is 10.1. The van der Waals surface area contributed by atoms with Crippen LogP contribution in [0.4, 0.5) is 0 Å². The van der Waals surface area contributed by atoms with Gasteiger partial charge in [0, 0.05) is 18.8 Å². The van der Waals surface area contributed by atoms with Crippen LogP contribution in [0, 0.1) is 0 Å². The number of thiocarbonyl (C=S) groups is 1. The van der Waals surface area contributed by atoms with Crippen molar-refractivity contribution in [2.24, 2.45) is 0 Å². The molecule has 2 aromatic rings. The first-order valence-corrected chi connectivity index (χ1v) is 8.04. The smallest absolute Gasteiger partial charge is 0.136 e. The average Bonchev–Trinajstić information content (AvgIpc) is 2.46. The van der Waals surface area contributed by atoms with Gasteiger partial charge in [0.05, 0.1) is 0 Å². The number of nitrogens with zero attached hydrogens (tertiary/aromatic N) is 1. The van der Waals surface area contributed by atoms with Crippen LogP contribution in [0.15, 0.2) is 42.5 Å². The van der Waals surface area contributed by atoms with Gasteiger partial charge in [0.25, 0.3) is 0 Å². The molecule has 0 bridgehead atoms. The number of fused-ring (bicyclic) bond motifs is 1. The Bertz CT molecular complexity index is 556. The van der Waals surface area contributed by atoms with Gasteiger partial charge in [0.1, 0.15) is 4.32 Å². The lowest BCUT2D eigenvalue weighted by molar-refractivity contribution is 0.482. The Labute approximate surface area is 125 Å². The predicted octanol–water partition coefficient (Wildman–Crippen LogP) is 4.70. The number of rotatable bonds is 4. The molecule has 0 spiro atoms. The molecule has 0 N–H and O–H groups in total. The Morgan fingerprint density at radius 2 is 1.74 bits per heavy atom. The second-order valence-electron chi connectivity index (χ2n) is 4.37. The molecule has 0 amide bonds.